The van der Waals surface area contributed by atoms with Gasteiger partial charge in [-0.2, -0.15) is 15.8 Å². The van der Waals surface area contributed by atoms with Crippen molar-refractivity contribution in [1.82, 2.24) is 4.90 Å². The summed E-state index contributed by atoms with van der Waals surface area (Å²) < 4.78 is 16.4. The van der Waals surface area contributed by atoms with E-state index in [4.69, 9.17) is 19.9 Å². The lowest BCUT2D eigenvalue weighted by molar-refractivity contribution is 0.214. The van der Waals surface area contributed by atoms with Gasteiger partial charge >= 0.3 is 0 Å². The average molecular weight is 419 g/mol. The summed E-state index contributed by atoms with van der Waals surface area (Å²) in [5.74, 6) is 0.347. The zero-order chi connectivity index (χ0) is 22.8. The molecule has 2 N–H and O–H groups in total. The van der Waals surface area contributed by atoms with Crippen LogP contribution in [0.15, 0.2) is 35.1 Å². The van der Waals surface area contributed by atoms with Crippen LogP contribution in [0.2, 0.25) is 0 Å². The molecule has 1 heterocycles. The molecule has 160 valence electrons. The minimum absolute atomic E-state index is 0.00815. The Hall–Kier alpha value is -3.67. The molecule has 2 aliphatic rings. The molecule has 0 fully saturated rings. The van der Waals surface area contributed by atoms with Crippen molar-refractivity contribution in [2.75, 3.05) is 41.0 Å². The number of benzene rings is 1. The molecular weight excluding hydrogens is 394 g/mol. The zero-order valence-corrected chi connectivity index (χ0v) is 18.1. The first-order chi connectivity index (χ1) is 15.0. The largest absolute Gasteiger partial charge is 0.493 e. The Balaban J connectivity index is 2.36. The van der Waals surface area contributed by atoms with Gasteiger partial charge in [-0.3, -0.25) is 4.90 Å². The number of methoxy groups -OCH3 is 3. The lowest BCUT2D eigenvalue weighted by Gasteiger charge is -2.45. The van der Waals surface area contributed by atoms with Crippen molar-refractivity contribution in [2.45, 2.75) is 12.8 Å². The van der Waals surface area contributed by atoms with Crippen LogP contribution in [0, 0.1) is 45.3 Å². The Morgan fingerprint density at radius 2 is 1.71 bits per heavy atom. The van der Waals surface area contributed by atoms with Crippen molar-refractivity contribution >= 4 is 0 Å². The monoisotopic (exact) mass is 419 g/mol. The molecule has 1 aromatic rings. The predicted octanol–water partition coefficient (Wildman–Crippen LogP) is 2.46. The number of rotatable bonds is 5. The van der Waals surface area contributed by atoms with Gasteiger partial charge in [-0.15, -0.1) is 0 Å². The van der Waals surface area contributed by atoms with Crippen LogP contribution in [0.1, 0.15) is 18.4 Å². The van der Waals surface area contributed by atoms with Gasteiger partial charge in [0.25, 0.3) is 0 Å². The van der Waals surface area contributed by atoms with E-state index in [9.17, 15) is 15.8 Å². The molecule has 0 unspecified atom stereocenters. The van der Waals surface area contributed by atoms with Crippen LogP contribution in [0.3, 0.4) is 0 Å². The third-order valence-electron chi connectivity index (χ3n) is 6.23. The first-order valence-electron chi connectivity index (χ1n) is 9.91. The van der Waals surface area contributed by atoms with Crippen LogP contribution in [-0.4, -0.2) is 45.9 Å². The first kappa shape index (κ1) is 22.0. The van der Waals surface area contributed by atoms with Crippen molar-refractivity contribution < 1.29 is 14.2 Å². The van der Waals surface area contributed by atoms with Crippen molar-refractivity contribution in [1.29, 1.82) is 15.8 Å². The highest BCUT2D eigenvalue weighted by Gasteiger charge is 2.54. The van der Waals surface area contributed by atoms with E-state index in [-0.39, 0.29) is 17.2 Å². The summed E-state index contributed by atoms with van der Waals surface area (Å²) >= 11 is 0. The molecule has 31 heavy (non-hydrogen) atoms. The van der Waals surface area contributed by atoms with Crippen LogP contribution >= 0.6 is 0 Å². The fourth-order valence-electron chi connectivity index (χ4n) is 4.66. The van der Waals surface area contributed by atoms with E-state index in [2.05, 4.69) is 23.1 Å². The molecule has 0 bridgehead atoms. The van der Waals surface area contributed by atoms with Gasteiger partial charge in [0.2, 0.25) is 5.75 Å². The molecule has 0 aromatic heterocycles. The molecule has 0 amide bonds. The van der Waals surface area contributed by atoms with E-state index in [1.54, 1.807) is 12.1 Å². The third kappa shape index (κ3) is 3.24. The molecule has 0 spiro atoms. The molecule has 1 aromatic carbocycles. The Morgan fingerprint density at radius 3 is 2.16 bits per heavy atom. The zero-order valence-electron chi connectivity index (χ0n) is 18.1. The molecule has 8 heteroatoms. The van der Waals surface area contributed by atoms with Crippen LogP contribution in [-0.2, 0) is 0 Å². The predicted molar refractivity (Wildman–Crippen MR) is 113 cm³/mol. The molecular formula is C23H25N5O3. The molecule has 2 atom stereocenters. The highest BCUT2D eigenvalue weighted by molar-refractivity contribution is 5.62. The maximum Gasteiger partial charge on any atom is 0.203 e. The van der Waals surface area contributed by atoms with Gasteiger partial charge in [-0.05, 0) is 29.8 Å². The second-order valence-corrected chi connectivity index (χ2v) is 7.49. The van der Waals surface area contributed by atoms with Crippen LogP contribution in [0.4, 0.5) is 0 Å². The quantitative estimate of drug-likeness (QED) is 0.771. The lowest BCUT2D eigenvalue weighted by atomic mass is 9.58. The lowest BCUT2D eigenvalue weighted by Crippen LogP contribution is -2.48. The standard InChI is InChI=1S/C23H25N5O3/c1-5-28-7-6-15-16(10-24)22(27)23(12-25,13-26)20(17(15)11-28)14-8-18(29-2)21(31-4)19(9-14)30-3/h6,8-9,17,20H,5,7,11,27H2,1-4H3/t17-,20+/m1/s1. The minimum Gasteiger partial charge on any atom is -0.493 e. The fraction of sp³-hybridized carbons (Fsp3) is 0.435. The van der Waals surface area contributed by atoms with Crippen molar-refractivity contribution in [2.24, 2.45) is 17.1 Å². The summed E-state index contributed by atoms with van der Waals surface area (Å²) in [6.07, 6.45) is 1.98. The summed E-state index contributed by atoms with van der Waals surface area (Å²) in [4.78, 5) is 2.20. The Kier molecular flexibility index (Phi) is 6.11. The number of hydrogen-bond acceptors (Lipinski definition) is 8. The SMILES string of the molecule is CCN1CC=C2C(C#N)=C(N)C(C#N)(C#N)[C@@H](c3cc(OC)c(OC)c(OC)c3)[C@@H]2C1. The molecule has 0 radical (unpaired) electrons. The Labute approximate surface area is 182 Å². The van der Waals surface area contributed by atoms with Gasteiger partial charge in [-0.25, -0.2) is 0 Å². The third-order valence-corrected chi connectivity index (χ3v) is 6.23. The molecule has 3 rings (SSSR count). The topological polar surface area (TPSA) is 128 Å². The number of ether oxygens (including phenoxy) is 3. The summed E-state index contributed by atoms with van der Waals surface area (Å²) in [6.45, 7) is 4.12. The minimum atomic E-state index is -1.71. The van der Waals surface area contributed by atoms with Crippen molar-refractivity contribution in [3.63, 3.8) is 0 Å². The first-order valence-corrected chi connectivity index (χ1v) is 9.91. The molecule has 8 nitrogen and oxygen atoms in total. The second kappa shape index (κ2) is 8.60. The average Bonchev–Trinajstić information content (AvgIpc) is 2.82. The number of hydrogen-bond donors (Lipinski definition) is 1. The van der Waals surface area contributed by atoms with E-state index in [0.29, 0.717) is 35.9 Å². The molecule has 1 aliphatic heterocycles. The van der Waals surface area contributed by atoms with Gasteiger partial charge in [-0.1, -0.05) is 13.0 Å². The number of nitriles is 3. The van der Waals surface area contributed by atoms with Gasteiger partial charge in [0.15, 0.2) is 16.9 Å². The number of fused-ring (bicyclic) bond motifs is 1. The smallest absolute Gasteiger partial charge is 0.203 e. The van der Waals surface area contributed by atoms with Crippen LogP contribution in [0.5, 0.6) is 17.2 Å². The van der Waals surface area contributed by atoms with E-state index in [1.807, 2.05) is 13.0 Å². The Morgan fingerprint density at radius 1 is 1.10 bits per heavy atom. The molecule has 1 aliphatic carbocycles. The van der Waals surface area contributed by atoms with Crippen molar-refractivity contribution in [3.8, 4) is 35.5 Å². The summed E-state index contributed by atoms with van der Waals surface area (Å²) in [7, 11) is 4.53. The molecule has 0 saturated heterocycles. The summed E-state index contributed by atoms with van der Waals surface area (Å²) in [6, 6.07) is 9.94. The summed E-state index contributed by atoms with van der Waals surface area (Å²) in [5.41, 5.74) is 6.31. The summed E-state index contributed by atoms with van der Waals surface area (Å²) in [5, 5.41) is 30.2. The van der Waals surface area contributed by atoms with Gasteiger partial charge < -0.3 is 19.9 Å². The maximum atomic E-state index is 10.2. The van der Waals surface area contributed by atoms with Gasteiger partial charge in [0.05, 0.1) is 44.7 Å². The number of allylic oxidation sites excluding steroid dienone is 2. The van der Waals surface area contributed by atoms with Crippen molar-refractivity contribution in [3.05, 3.63) is 40.6 Å². The number of nitrogens with two attached hydrogens (primary N) is 1. The van der Waals surface area contributed by atoms with Crippen LogP contribution in [0.25, 0.3) is 0 Å². The second-order valence-electron chi connectivity index (χ2n) is 7.49. The highest BCUT2D eigenvalue weighted by Crippen LogP contribution is 2.55. The van der Waals surface area contributed by atoms with E-state index in [0.717, 1.165) is 12.1 Å². The molecule has 0 saturated carbocycles. The van der Waals surface area contributed by atoms with E-state index < -0.39 is 11.3 Å². The maximum absolute atomic E-state index is 10.2. The number of likely N-dealkylation sites (N-methyl/N-ethyl adjacent to an activating group) is 1. The highest BCUT2D eigenvalue weighted by atomic mass is 16.5. The van der Waals surface area contributed by atoms with Gasteiger partial charge in [0.1, 0.15) is 6.07 Å². The Bertz CT molecular complexity index is 1030. The van der Waals surface area contributed by atoms with E-state index >= 15 is 0 Å². The number of nitrogens with zero attached hydrogens (tertiary/aromatic N) is 4. The fourth-order valence-corrected chi connectivity index (χ4v) is 4.66. The normalized spacial score (nSPS) is 22.3. The van der Waals surface area contributed by atoms with E-state index in [1.165, 1.54) is 21.3 Å². The van der Waals surface area contributed by atoms with Crippen LogP contribution < -0.4 is 19.9 Å². The van der Waals surface area contributed by atoms with Gasteiger partial charge in [0, 0.05) is 24.9 Å².